The van der Waals surface area contributed by atoms with Crippen LogP contribution < -0.4 is 0 Å². The van der Waals surface area contributed by atoms with Crippen molar-refractivity contribution in [2.24, 2.45) is 5.92 Å². The Labute approximate surface area is 327 Å². The molecule has 0 heterocycles. The van der Waals surface area contributed by atoms with E-state index in [2.05, 4.69) is 13.8 Å². The molecule has 51 heavy (non-hydrogen) atoms. The molecule has 0 aliphatic carbocycles. The average molecular weight is 833 g/mol. The summed E-state index contributed by atoms with van der Waals surface area (Å²) in [7, 11) is -4.37. The number of hydrogen-bond donors (Lipinski definition) is 1. The summed E-state index contributed by atoms with van der Waals surface area (Å²) in [6.07, 6.45) is 29.9. The molecule has 1 radical (unpaired) electrons. The van der Waals surface area contributed by atoms with Crippen molar-refractivity contribution < 1.29 is 59.9 Å². The molecule has 1 aromatic rings. The van der Waals surface area contributed by atoms with Crippen LogP contribution in [0.1, 0.15) is 186 Å². The second-order valence-electron chi connectivity index (χ2n) is 14.0. The summed E-state index contributed by atoms with van der Waals surface area (Å²) in [5, 5.41) is 0. The Hall–Kier alpha value is -0.990. The van der Waals surface area contributed by atoms with Gasteiger partial charge in [0.15, 0.2) is 0 Å². The van der Waals surface area contributed by atoms with Crippen molar-refractivity contribution in [3.63, 3.8) is 0 Å². The molecule has 1 aromatic carbocycles. The predicted octanol–water partition coefficient (Wildman–Crippen LogP) is 12.2. The maximum absolute atomic E-state index is 12.5. The fraction of sp³-hybridized carbons (Fsp3) is 0.805. The van der Waals surface area contributed by atoms with E-state index >= 15 is 0 Å². The first-order chi connectivity index (χ1) is 24.4. The maximum atomic E-state index is 12.5. The van der Waals surface area contributed by atoms with Crippen LogP contribution in [0.4, 0.5) is 0 Å². The number of esters is 2. The molecule has 0 amide bonds. The van der Waals surface area contributed by atoms with Gasteiger partial charge in [0.25, 0.3) is 0 Å². The van der Waals surface area contributed by atoms with Crippen molar-refractivity contribution in [3.8, 4) is 0 Å². The zero-order chi connectivity index (χ0) is 36.4. The van der Waals surface area contributed by atoms with Gasteiger partial charge in [-0.3, -0.25) is 18.6 Å². The van der Waals surface area contributed by atoms with Gasteiger partial charge >= 0.3 is 19.8 Å². The topological polar surface area (TPSA) is 108 Å². The number of carbonyl (C=O) groups excluding carboxylic acids is 2. The zero-order valence-electron chi connectivity index (χ0n) is 32.2. The van der Waals surface area contributed by atoms with Gasteiger partial charge in [-0.25, -0.2) is 4.57 Å². The van der Waals surface area contributed by atoms with Crippen LogP contribution >= 0.6 is 7.82 Å². The SMILES string of the molecule is CCCCCCCCCCCCCCCC(=O)OCC(COC(=O)CCCCCCCCCCCCC)COP(=O)(O)OCc1ccccc1.[Ag]. The molecule has 0 bridgehead atoms. The number of hydrogen-bond acceptors (Lipinski definition) is 7. The van der Waals surface area contributed by atoms with E-state index in [0.29, 0.717) is 12.8 Å². The summed E-state index contributed by atoms with van der Waals surface area (Å²) in [6, 6.07) is 9.05. The smallest absolute Gasteiger partial charge is 0.465 e. The van der Waals surface area contributed by atoms with Crippen LogP contribution in [0, 0.1) is 5.92 Å². The van der Waals surface area contributed by atoms with Crippen molar-refractivity contribution >= 4 is 19.8 Å². The molecular formula is C41H73AgO8P. The molecule has 1 rings (SSSR count). The third-order valence-corrected chi connectivity index (χ3v) is 10.1. The second kappa shape index (κ2) is 36.0. The van der Waals surface area contributed by atoms with Crippen molar-refractivity contribution in [3.05, 3.63) is 35.9 Å². The van der Waals surface area contributed by atoms with Crippen molar-refractivity contribution in [1.29, 1.82) is 0 Å². The molecule has 0 spiro atoms. The predicted molar refractivity (Wildman–Crippen MR) is 204 cm³/mol. The minimum Gasteiger partial charge on any atom is -0.465 e. The molecule has 0 fully saturated rings. The Morgan fingerprint density at radius 2 is 0.902 bits per heavy atom. The van der Waals surface area contributed by atoms with Gasteiger partial charge in [-0.1, -0.05) is 185 Å². The number of unbranched alkanes of at least 4 members (excludes halogenated alkanes) is 22. The van der Waals surface area contributed by atoms with Crippen molar-refractivity contribution in [2.45, 2.75) is 187 Å². The molecule has 0 saturated carbocycles. The van der Waals surface area contributed by atoms with Gasteiger partial charge in [-0.15, -0.1) is 0 Å². The van der Waals surface area contributed by atoms with E-state index in [0.717, 1.165) is 44.1 Å². The largest absolute Gasteiger partial charge is 0.472 e. The van der Waals surface area contributed by atoms with E-state index in [-0.39, 0.29) is 60.7 Å². The zero-order valence-corrected chi connectivity index (χ0v) is 34.6. The van der Waals surface area contributed by atoms with Gasteiger partial charge in [-0.05, 0) is 18.4 Å². The van der Waals surface area contributed by atoms with Gasteiger partial charge in [0.05, 0.1) is 32.3 Å². The van der Waals surface area contributed by atoms with Crippen LogP contribution in [-0.4, -0.2) is 36.7 Å². The third kappa shape index (κ3) is 33.3. The molecule has 10 heteroatoms. The van der Waals surface area contributed by atoms with Crippen LogP contribution in [0.25, 0.3) is 0 Å². The molecular weight excluding hydrogens is 759 g/mol. The van der Waals surface area contributed by atoms with E-state index in [4.69, 9.17) is 18.5 Å². The number of phosphoric ester groups is 1. The van der Waals surface area contributed by atoms with Crippen LogP contribution in [0.3, 0.4) is 0 Å². The minimum absolute atomic E-state index is 0. The summed E-state index contributed by atoms with van der Waals surface area (Å²) in [4.78, 5) is 35.2. The Morgan fingerprint density at radius 1 is 0.549 bits per heavy atom. The molecule has 0 saturated heterocycles. The van der Waals surface area contributed by atoms with E-state index in [1.165, 1.54) is 116 Å². The maximum Gasteiger partial charge on any atom is 0.472 e. The normalized spacial score (nSPS) is 12.9. The number of rotatable bonds is 36. The molecule has 2 atom stereocenters. The van der Waals surface area contributed by atoms with Crippen LogP contribution in [0.2, 0.25) is 0 Å². The number of phosphoric acid groups is 1. The first-order valence-corrected chi connectivity index (χ1v) is 21.8. The molecule has 8 nitrogen and oxygen atoms in total. The number of benzene rings is 1. The molecule has 301 valence electrons. The van der Waals surface area contributed by atoms with E-state index in [9.17, 15) is 19.0 Å². The van der Waals surface area contributed by atoms with Crippen molar-refractivity contribution in [1.82, 2.24) is 0 Å². The standard InChI is InChI=1S/C41H73O8P.Ag/c1-3-5-7-9-11-13-15-16-18-20-22-24-29-33-41(43)47-35-39(37-49-50(44,45)48-36-38-30-26-25-27-31-38)34-46-40(42)32-28-23-21-19-17-14-12-10-8-6-4-2;/h25-27,30-31,39H,3-24,28-29,32-37H2,1-2H3,(H,44,45);. The first-order valence-electron chi connectivity index (χ1n) is 20.3. The number of carbonyl (C=O) groups is 2. The second-order valence-corrected chi connectivity index (χ2v) is 15.5. The Kier molecular flexibility index (Phi) is 35.3. The Morgan fingerprint density at radius 3 is 1.27 bits per heavy atom. The van der Waals surface area contributed by atoms with Crippen molar-refractivity contribution in [2.75, 3.05) is 19.8 Å². The van der Waals surface area contributed by atoms with E-state index < -0.39 is 13.7 Å². The third-order valence-electron chi connectivity index (χ3n) is 9.14. The van der Waals surface area contributed by atoms with Crippen LogP contribution in [-0.2, 0) is 61.7 Å². The van der Waals surface area contributed by atoms with Gasteiger partial charge in [0.2, 0.25) is 0 Å². The van der Waals surface area contributed by atoms with Gasteiger partial charge in [0, 0.05) is 35.2 Å². The van der Waals surface area contributed by atoms with E-state index in [1.807, 2.05) is 18.2 Å². The Balaban J connectivity index is 0.0000250. The molecule has 0 aliphatic rings. The van der Waals surface area contributed by atoms with Gasteiger partial charge in [0.1, 0.15) is 0 Å². The molecule has 0 aliphatic heterocycles. The summed E-state index contributed by atoms with van der Waals surface area (Å²) in [5.74, 6) is -1.23. The quantitative estimate of drug-likeness (QED) is 0.0308. The van der Waals surface area contributed by atoms with Crippen LogP contribution in [0.15, 0.2) is 30.3 Å². The van der Waals surface area contributed by atoms with Gasteiger partial charge in [-0.2, -0.15) is 0 Å². The first kappa shape index (κ1) is 50.0. The Bertz CT molecular complexity index is 980. The van der Waals surface area contributed by atoms with Gasteiger partial charge < -0.3 is 14.4 Å². The van der Waals surface area contributed by atoms with E-state index in [1.54, 1.807) is 12.1 Å². The minimum atomic E-state index is -4.37. The summed E-state index contributed by atoms with van der Waals surface area (Å²) >= 11 is 0. The van der Waals surface area contributed by atoms with Crippen LogP contribution in [0.5, 0.6) is 0 Å². The molecule has 2 unspecified atom stereocenters. The molecule has 1 N–H and O–H groups in total. The fourth-order valence-electron chi connectivity index (χ4n) is 5.90. The molecule has 0 aromatic heterocycles. The average Bonchev–Trinajstić information content (AvgIpc) is 3.11. The summed E-state index contributed by atoms with van der Waals surface area (Å²) in [6.45, 7) is 4.02. The fourth-order valence-corrected chi connectivity index (χ4v) is 6.68. The summed E-state index contributed by atoms with van der Waals surface area (Å²) in [5.41, 5.74) is 0.736. The number of ether oxygens (including phenoxy) is 2. The summed E-state index contributed by atoms with van der Waals surface area (Å²) < 4.78 is 33.9. The monoisotopic (exact) mass is 831 g/mol.